The molecule has 0 radical (unpaired) electrons. The molecule has 1 amide bonds. The van der Waals surface area contributed by atoms with Crippen LogP contribution >= 0.6 is 11.3 Å². The lowest BCUT2D eigenvalue weighted by atomic mass is 9.98. The van der Waals surface area contributed by atoms with Crippen molar-refractivity contribution in [2.45, 2.75) is 18.4 Å². The van der Waals surface area contributed by atoms with E-state index < -0.39 is 18.1 Å². The van der Waals surface area contributed by atoms with Crippen LogP contribution < -0.4 is 0 Å². The van der Waals surface area contributed by atoms with Crippen LogP contribution in [0.1, 0.15) is 22.6 Å². The number of hydrogen-bond acceptors (Lipinski definition) is 4. The molecule has 166 valence electrons. The molecule has 0 unspecified atom stereocenters. The lowest BCUT2D eigenvalue weighted by molar-refractivity contribution is -0.142. The lowest BCUT2D eigenvalue weighted by Crippen LogP contribution is -2.44. The summed E-state index contributed by atoms with van der Waals surface area (Å²) in [7, 11) is 1.49. The number of hydrogen-bond donors (Lipinski definition) is 1. The maximum atomic E-state index is 12.9. The highest BCUT2D eigenvalue weighted by Crippen LogP contribution is 2.44. The first kappa shape index (κ1) is 21.2. The van der Waals surface area contributed by atoms with Crippen LogP contribution in [0.4, 0.5) is 4.79 Å². The number of thiophene rings is 1. The largest absolute Gasteiger partial charge is 0.480 e. The number of aliphatic carboxylic acids is 1. The maximum Gasteiger partial charge on any atom is 0.410 e. The molecule has 6 heteroatoms. The molecular formula is C27H23NO4S. The summed E-state index contributed by atoms with van der Waals surface area (Å²) in [5, 5.41) is 12.8. The smallest absolute Gasteiger partial charge is 0.410 e. The van der Waals surface area contributed by atoms with Crippen LogP contribution in [-0.4, -0.2) is 41.8 Å². The van der Waals surface area contributed by atoms with Crippen molar-refractivity contribution in [3.63, 3.8) is 0 Å². The highest BCUT2D eigenvalue weighted by molar-refractivity contribution is 7.17. The minimum absolute atomic E-state index is 0.0705. The van der Waals surface area contributed by atoms with E-state index in [-0.39, 0.29) is 18.9 Å². The molecule has 5 nitrogen and oxygen atoms in total. The van der Waals surface area contributed by atoms with Gasteiger partial charge in [-0.1, -0.05) is 66.7 Å². The van der Waals surface area contributed by atoms with Crippen molar-refractivity contribution in [3.8, 4) is 11.1 Å². The summed E-state index contributed by atoms with van der Waals surface area (Å²) in [5.41, 5.74) is 5.45. The Morgan fingerprint density at radius 1 is 0.970 bits per heavy atom. The zero-order chi connectivity index (χ0) is 22.9. The van der Waals surface area contributed by atoms with E-state index in [0.717, 1.165) is 37.9 Å². The number of ether oxygens (including phenoxy) is 1. The van der Waals surface area contributed by atoms with Gasteiger partial charge in [-0.3, -0.25) is 4.90 Å². The third kappa shape index (κ3) is 3.87. The van der Waals surface area contributed by atoms with E-state index in [2.05, 4.69) is 24.3 Å². The van der Waals surface area contributed by atoms with E-state index in [9.17, 15) is 14.7 Å². The summed E-state index contributed by atoms with van der Waals surface area (Å²) in [6, 6.07) is 23.1. The summed E-state index contributed by atoms with van der Waals surface area (Å²) >= 11 is 1.57. The van der Waals surface area contributed by atoms with Gasteiger partial charge in [0.1, 0.15) is 12.6 Å². The predicted octanol–water partition coefficient (Wildman–Crippen LogP) is 5.78. The molecule has 1 aliphatic carbocycles. The minimum atomic E-state index is -1.05. The fraction of sp³-hybridized carbons (Fsp3) is 0.185. The molecule has 0 spiro atoms. The molecule has 1 heterocycles. The van der Waals surface area contributed by atoms with Crippen molar-refractivity contribution in [2.75, 3.05) is 13.7 Å². The van der Waals surface area contributed by atoms with Gasteiger partial charge in [0.15, 0.2) is 0 Å². The highest BCUT2D eigenvalue weighted by atomic mass is 32.1. The normalized spacial score (nSPS) is 13.4. The monoisotopic (exact) mass is 457 g/mol. The Morgan fingerprint density at radius 2 is 1.58 bits per heavy atom. The third-order valence-corrected chi connectivity index (χ3v) is 7.36. The van der Waals surface area contributed by atoms with E-state index in [4.69, 9.17) is 4.74 Å². The lowest BCUT2D eigenvalue weighted by Gasteiger charge is -2.25. The summed E-state index contributed by atoms with van der Waals surface area (Å²) in [6.45, 7) is 0.158. The average molecular weight is 458 g/mol. The molecule has 1 aliphatic rings. The van der Waals surface area contributed by atoms with Crippen LogP contribution in [-0.2, 0) is 16.0 Å². The van der Waals surface area contributed by atoms with Crippen molar-refractivity contribution in [3.05, 3.63) is 94.9 Å². The molecule has 0 bridgehead atoms. The van der Waals surface area contributed by atoms with E-state index in [1.54, 1.807) is 11.3 Å². The summed E-state index contributed by atoms with van der Waals surface area (Å²) in [6.07, 6.45) is -0.413. The van der Waals surface area contributed by atoms with Gasteiger partial charge in [0, 0.05) is 24.1 Å². The fourth-order valence-electron chi connectivity index (χ4n) is 4.61. The number of carboxylic acid groups (broad SMARTS) is 1. The molecule has 0 aliphatic heterocycles. The third-order valence-electron chi connectivity index (χ3n) is 6.35. The quantitative estimate of drug-likeness (QED) is 0.399. The Kier molecular flexibility index (Phi) is 5.60. The van der Waals surface area contributed by atoms with Crippen molar-refractivity contribution < 1.29 is 19.4 Å². The molecule has 0 saturated heterocycles. The van der Waals surface area contributed by atoms with Gasteiger partial charge < -0.3 is 9.84 Å². The van der Waals surface area contributed by atoms with E-state index >= 15 is 0 Å². The van der Waals surface area contributed by atoms with Crippen LogP contribution in [0.2, 0.25) is 0 Å². The highest BCUT2D eigenvalue weighted by Gasteiger charge is 2.32. The number of benzene rings is 3. The molecule has 1 aromatic heterocycles. The van der Waals surface area contributed by atoms with Crippen molar-refractivity contribution in [2.24, 2.45) is 0 Å². The standard InChI is InChI=1S/C27H23NO4S/c1-28(24(26(29)30)14-17-16-33-25-13-7-6-8-18(17)25)27(31)32-15-23-21-11-4-2-9-19(21)20-10-3-5-12-22(20)23/h2-13,16,23-24H,14-15H2,1H3,(H,29,30)/t24-/m0/s1. The molecule has 5 rings (SSSR count). The second kappa shape index (κ2) is 8.71. The number of carboxylic acids is 1. The number of fused-ring (bicyclic) bond motifs is 4. The number of rotatable bonds is 6. The van der Waals surface area contributed by atoms with Crippen molar-refractivity contribution >= 4 is 33.5 Å². The Hall–Kier alpha value is -3.64. The number of carbonyl (C=O) groups is 2. The van der Waals surface area contributed by atoms with E-state index in [1.807, 2.05) is 53.9 Å². The molecule has 33 heavy (non-hydrogen) atoms. The number of nitrogens with zero attached hydrogens (tertiary/aromatic N) is 1. The predicted molar refractivity (Wildman–Crippen MR) is 130 cm³/mol. The number of likely N-dealkylation sites (N-methyl/N-ethyl adjacent to an activating group) is 1. The van der Waals surface area contributed by atoms with Gasteiger partial charge in [0.2, 0.25) is 0 Å². The summed E-state index contributed by atoms with van der Waals surface area (Å²) in [4.78, 5) is 26.2. The molecule has 1 atom stereocenters. The van der Waals surface area contributed by atoms with Crippen LogP contribution in [0.15, 0.2) is 78.2 Å². The van der Waals surface area contributed by atoms with Crippen LogP contribution in [0, 0.1) is 0 Å². The van der Waals surface area contributed by atoms with Gasteiger partial charge >= 0.3 is 12.1 Å². The molecule has 4 aromatic rings. The van der Waals surface area contributed by atoms with Crippen LogP contribution in [0.25, 0.3) is 21.2 Å². The SMILES string of the molecule is CN(C(=O)OCC1c2ccccc2-c2ccccc21)[C@@H](Cc1csc2ccccc12)C(=O)O. The summed E-state index contributed by atoms with van der Waals surface area (Å²) in [5.74, 6) is -1.12. The molecule has 3 aromatic carbocycles. The minimum Gasteiger partial charge on any atom is -0.480 e. The first-order chi connectivity index (χ1) is 16.0. The van der Waals surface area contributed by atoms with Gasteiger partial charge in [-0.05, 0) is 44.6 Å². The van der Waals surface area contributed by atoms with E-state index in [1.165, 1.54) is 11.9 Å². The number of amides is 1. The van der Waals surface area contributed by atoms with Gasteiger partial charge in [-0.2, -0.15) is 0 Å². The maximum absolute atomic E-state index is 12.9. The zero-order valence-corrected chi connectivity index (χ0v) is 18.9. The first-order valence-corrected chi connectivity index (χ1v) is 11.7. The Balaban J connectivity index is 1.32. The molecular weight excluding hydrogens is 434 g/mol. The van der Waals surface area contributed by atoms with Crippen LogP contribution in [0.3, 0.4) is 0 Å². The second-order valence-corrected chi connectivity index (χ2v) is 9.14. The molecule has 1 N–H and O–H groups in total. The molecule has 0 fully saturated rings. The topological polar surface area (TPSA) is 66.8 Å². The Labute approximate surface area is 195 Å². The fourth-order valence-corrected chi connectivity index (χ4v) is 5.59. The average Bonchev–Trinajstić information content (AvgIpc) is 3.39. The van der Waals surface area contributed by atoms with Gasteiger partial charge in [0.25, 0.3) is 0 Å². The number of carbonyl (C=O) groups excluding carboxylic acids is 1. The van der Waals surface area contributed by atoms with E-state index in [0.29, 0.717) is 0 Å². The van der Waals surface area contributed by atoms with Crippen molar-refractivity contribution in [1.29, 1.82) is 0 Å². The first-order valence-electron chi connectivity index (χ1n) is 10.8. The van der Waals surface area contributed by atoms with Crippen molar-refractivity contribution in [1.82, 2.24) is 4.90 Å². The zero-order valence-electron chi connectivity index (χ0n) is 18.1. The Morgan fingerprint density at radius 3 is 2.24 bits per heavy atom. The Bertz CT molecular complexity index is 1300. The second-order valence-electron chi connectivity index (χ2n) is 8.23. The van der Waals surface area contributed by atoms with Gasteiger partial charge in [-0.15, -0.1) is 11.3 Å². The van der Waals surface area contributed by atoms with Crippen LogP contribution in [0.5, 0.6) is 0 Å². The molecule has 0 saturated carbocycles. The summed E-state index contributed by atoms with van der Waals surface area (Å²) < 4.78 is 6.76. The van der Waals surface area contributed by atoms with Gasteiger partial charge in [-0.25, -0.2) is 9.59 Å². The van der Waals surface area contributed by atoms with Gasteiger partial charge in [0.05, 0.1) is 0 Å².